The Morgan fingerprint density at radius 3 is 2.08 bits per heavy atom. The van der Waals surface area contributed by atoms with Crippen LogP contribution in [0.15, 0.2) is 126 Å². The lowest BCUT2D eigenvalue weighted by Crippen LogP contribution is -2.24. The number of hydrogen-bond acceptors (Lipinski definition) is 2. The van der Waals surface area contributed by atoms with Crippen LogP contribution in [0.1, 0.15) is 25.0 Å². The van der Waals surface area contributed by atoms with E-state index < -0.39 is 0 Å². The minimum absolute atomic E-state index is 0.133. The molecule has 0 fully saturated rings. The second kappa shape index (κ2) is 8.09. The summed E-state index contributed by atoms with van der Waals surface area (Å²) in [5.41, 5.74) is 8.76. The Kier molecular flexibility index (Phi) is 4.60. The van der Waals surface area contributed by atoms with Crippen LogP contribution in [0.2, 0.25) is 0 Å². The molecule has 6 aromatic carbocycles. The van der Waals surface area contributed by atoms with Gasteiger partial charge in [-0.3, -0.25) is 0 Å². The number of para-hydroxylation sites is 1. The number of furan rings is 1. The van der Waals surface area contributed by atoms with Crippen molar-refractivity contribution in [1.82, 2.24) is 0 Å². The van der Waals surface area contributed by atoms with E-state index in [1.165, 1.54) is 38.6 Å². The van der Waals surface area contributed by atoms with Crippen molar-refractivity contribution in [2.24, 2.45) is 0 Å². The molecule has 1 aliphatic rings. The van der Waals surface area contributed by atoms with Gasteiger partial charge in [-0.25, -0.2) is 0 Å². The van der Waals surface area contributed by atoms with E-state index in [0.717, 1.165) is 39.0 Å². The average molecular weight is 503 g/mol. The molecule has 186 valence electrons. The Morgan fingerprint density at radius 1 is 0.513 bits per heavy atom. The largest absolute Gasteiger partial charge is 0.457 e. The molecule has 7 aromatic rings. The first-order valence-corrected chi connectivity index (χ1v) is 13.4. The van der Waals surface area contributed by atoms with E-state index in [9.17, 15) is 0 Å². The van der Waals surface area contributed by atoms with Crippen LogP contribution < -0.4 is 4.74 Å². The summed E-state index contributed by atoms with van der Waals surface area (Å²) < 4.78 is 12.8. The van der Waals surface area contributed by atoms with Gasteiger partial charge in [0.2, 0.25) is 0 Å². The maximum atomic E-state index is 6.46. The maximum absolute atomic E-state index is 6.46. The zero-order valence-corrected chi connectivity index (χ0v) is 21.9. The molecule has 1 aliphatic heterocycles. The summed E-state index contributed by atoms with van der Waals surface area (Å²) in [5.74, 6) is 1.85. The molecule has 0 unspecified atom stereocenters. The van der Waals surface area contributed by atoms with Crippen LogP contribution in [0.4, 0.5) is 0 Å². The van der Waals surface area contributed by atoms with E-state index in [1.807, 2.05) is 6.07 Å². The van der Waals surface area contributed by atoms with Crippen molar-refractivity contribution >= 4 is 32.7 Å². The monoisotopic (exact) mass is 502 g/mol. The first kappa shape index (κ1) is 22.2. The molecule has 0 saturated carbocycles. The second-order valence-corrected chi connectivity index (χ2v) is 11.0. The number of rotatable bonds is 2. The minimum atomic E-state index is -0.133. The first-order valence-electron chi connectivity index (χ1n) is 13.4. The molecule has 0 amide bonds. The third-order valence-corrected chi connectivity index (χ3v) is 8.33. The molecule has 8 rings (SSSR count). The topological polar surface area (TPSA) is 22.4 Å². The van der Waals surface area contributed by atoms with Crippen LogP contribution in [0, 0.1) is 0 Å². The molecule has 0 aliphatic carbocycles. The van der Waals surface area contributed by atoms with Crippen molar-refractivity contribution in [3.8, 4) is 33.8 Å². The van der Waals surface area contributed by atoms with Crippen molar-refractivity contribution < 1.29 is 9.15 Å². The van der Waals surface area contributed by atoms with Gasteiger partial charge in [-0.2, -0.15) is 0 Å². The zero-order chi connectivity index (χ0) is 26.1. The highest BCUT2D eigenvalue weighted by molar-refractivity contribution is 6.16. The predicted octanol–water partition coefficient (Wildman–Crippen LogP) is 10.5. The van der Waals surface area contributed by atoms with E-state index >= 15 is 0 Å². The summed E-state index contributed by atoms with van der Waals surface area (Å²) in [4.78, 5) is 0. The van der Waals surface area contributed by atoms with E-state index in [1.54, 1.807) is 0 Å². The quantitative estimate of drug-likeness (QED) is 0.235. The Hall–Kier alpha value is -4.82. The maximum Gasteiger partial charge on any atom is 0.136 e. The fraction of sp³-hybridized carbons (Fsp3) is 0.0811. The number of ether oxygens (including phenoxy) is 1. The van der Waals surface area contributed by atoms with Crippen LogP contribution >= 0.6 is 0 Å². The molecule has 2 heterocycles. The summed E-state index contributed by atoms with van der Waals surface area (Å²) in [6, 6.07) is 42.9. The van der Waals surface area contributed by atoms with Gasteiger partial charge in [0.05, 0.1) is 0 Å². The van der Waals surface area contributed by atoms with Crippen LogP contribution in [-0.4, -0.2) is 0 Å². The fourth-order valence-electron chi connectivity index (χ4n) is 6.33. The molecule has 0 saturated heterocycles. The SMILES string of the molecule is CC1(C)c2ccccc2Oc2cc(-c3ccccc3-c3cccc4oc5cc6ccccc6cc5c34)ccc21. The van der Waals surface area contributed by atoms with Gasteiger partial charge in [0, 0.05) is 27.3 Å². The van der Waals surface area contributed by atoms with Gasteiger partial charge >= 0.3 is 0 Å². The molecule has 0 radical (unpaired) electrons. The van der Waals surface area contributed by atoms with Crippen LogP contribution in [0.25, 0.3) is 55.0 Å². The summed E-state index contributed by atoms with van der Waals surface area (Å²) in [5, 5.41) is 4.69. The van der Waals surface area contributed by atoms with E-state index in [0.29, 0.717) is 0 Å². The first-order chi connectivity index (χ1) is 19.1. The standard InChI is InChI=1S/C37H26O2/c1-37(2)30-15-7-8-16-32(30)38-35-22-25(18-19-31(35)37)26-12-5-6-13-27(26)28-14-9-17-33-36(28)29-20-23-10-3-4-11-24(23)21-34(29)39-33/h3-22H,1-2H3. The van der Waals surface area contributed by atoms with E-state index in [4.69, 9.17) is 9.15 Å². The fourth-order valence-corrected chi connectivity index (χ4v) is 6.33. The molecule has 0 N–H and O–H groups in total. The Bertz CT molecular complexity index is 2080. The number of fused-ring (bicyclic) bond motifs is 6. The van der Waals surface area contributed by atoms with Gasteiger partial charge in [0.15, 0.2) is 0 Å². The Morgan fingerprint density at radius 2 is 1.21 bits per heavy atom. The van der Waals surface area contributed by atoms with Crippen molar-refractivity contribution in [3.05, 3.63) is 132 Å². The molecule has 0 atom stereocenters. The summed E-state index contributed by atoms with van der Waals surface area (Å²) in [6.07, 6.45) is 0. The third-order valence-electron chi connectivity index (χ3n) is 8.33. The summed E-state index contributed by atoms with van der Waals surface area (Å²) >= 11 is 0. The third kappa shape index (κ3) is 3.28. The molecule has 1 aromatic heterocycles. The van der Waals surface area contributed by atoms with Crippen LogP contribution in [-0.2, 0) is 5.41 Å². The van der Waals surface area contributed by atoms with Gasteiger partial charge < -0.3 is 9.15 Å². The van der Waals surface area contributed by atoms with E-state index in [-0.39, 0.29) is 5.41 Å². The van der Waals surface area contributed by atoms with Gasteiger partial charge in [0.1, 0.15) is 22.7 Å². The van der Waals surface area contributed by atoms with Gasteiger partial charge in [-0.15, -0.1) is 0 Å². The summed E-state index contributed by atoms with van der Waals surface area (Å²) in [6.45, 7) is 4.55. The van der Waals surface area contributed by atoms with E-state index in [2.05, 4.69) is 129 Å². The lowest BCUT2D eigenvalue weighted by atomic mass is 9.75. The van der Waals surface area contributed by atoms with Crippen LogP contribution in [0.3, 0.4) is 0 Å². The average Bonchev–Trinajstić information content (AvgIpc) is 3.33. The molecule has 0 spiro atoms. The lowest BCUT2D eigenvalue weighted by Gasteiger charge is -2.34. The van der Waals surface area contributed by atoms with Gasteiger partial charge in [-0.05, 0) is 63.4 Å². The smallest absolute Gasteiger partial charge is 0.136 e. The minimum Gasteiger partial charge on any atom is -0.457 e. The normalized spacial score (nSPS) is 13.8. The molecular weight excluding hydrogens is 476 g/mol. The molecule has 2 heteroatoms. The Balaban J connectivity index is 1.33. The van der Waals surface area contributed by atoms with Gasteiger partial charge in [0.25, 0.3) is 0 Å². The van der Waals surface area contributed by atoms with Crippen molar-refractivity contribution in [3.63, 3.8) is 0 Å². The lowest BCUT2D eigenvalue weighted by molar-refractivity contribution is 0.418. The molecule has 2 nitrogen and oxygen atoms in total. The number of benzene rings is 6. The summed E-state index contributed by atoms with van der Waals surface area (Å²) in [7, 11) is 0. The van der Waals surface area contributed by atoms with Crippen LogP contribution in [0.5, 0.6) is 11.5 Å². The zero-order valence-electron chi connectivity index (χ0n) is 21.9. The second-order valence-electron chi connectivity index (χ2n) is 11.0. The number of hydrogen-bond donors (Lipinski definition) is 0. The highest BCUT2D eigenvalue weighted by Crippen LogP contribution is 2.49. The van der Waals surface area contributed by atoms with Crippen molar-refractivity contribution in [2.75, 3.05) is 0 Å². The van der Waals surface area contributed by atoms with Crippen molar-refractivity contribution in [2.45, 2.75) is 19.3 Å². The molecular formula is C37H26O2. The highest BCUT2D eigenvalue weighted by atomic mass is 16.5. The van der Waals surface area contributed by atoms with Gasteiger partial charge in [-0.1, -0.05) is 105 Å². The Labute approximate surface area is 227 Å². The molecule has 0 bridgehead atoms. The van der Waals surface area contributed by atoms with Crippen molar-refractivity contribution in [1.29, 1.82) is 0 Å². The highest BCUT2D eigenvalue weighted by Gasteiger charge is 2.34. The predicted molar refractivity (Wildman–Crippen MR) is 161 cm³/mol. The molecule has 39 heavy (non-hydrogen) atoms.